The molecule has 1 heterocycles. The number of hydrogen-bond acceptors (Lipinski definition) is 16. The minimum atomic E-state index is -1.30. The number of nitrogens with two attached hydrogens (primary N) is 2. The van der Waals surface area contributed by atoms with Gasteiger partial charge in [0.1, 0.15) is 23.6 Å². The maximum absolute atomic E-state index is 12.2. The van der Waals surface area contributed by atoms with Gasteiger partial charge in [-0.15, -0.1) is 0 Å². The molecule has 0 saturated heterocycles. The van der Waals surface area contributed by atoms with Gasteiger partial charge in [-0.2, -0.15) is 4.98 Å². The van der Waals surface area contributed by atoms with E-state index in [2.05, 4.69) is 25.9 Å². The summed E-state index contributed by atoms with van der Waals surface area (Å²) in [5.74, 6) is -2.77. The van der Waals surface area contributed by atoms with E-state index in [0.29, 0.717) is 37.3 Å². The Balaban J connectivity index is 0.000000320. The van der Waals surface area contributed by atoms with Crippen LogP contribution in [0.1, 0.15) is 48.6 Å². The largest absolute Gasteiger partial charge is 0.508 e. The number of carbonyl (C=O) groups is 5. The highest BCUT2D eigenvalue weighted by Gasteiger charge is 2.22. The number of aromatic nitrogens is 2. The van der Waals surface area contributed by atoms with Crippen LogP contribution in [0.4, 0.5) is 0 Å². The molecule has 366 valence electrons. The van der Waals surface area contributed by atoms with Crippen molar-refractivity contribution in [2.24, 2.45) is 16.6 Å². The van der Waals surface area contributed by atoms with E-state index in [0.717, 1.165) is 0 Å². The van der Waals surface area contributed by atoms with E-state index in [1.54, 1.807) is 72.8 Å². The van der Waals surface area contributed by atoms with Crippen molar-refractivity contribution in [1.29, 1.82) is 0 Å². The van der Waals surface area contributed by atoms with Crippen molar-refractivity contribution >= 4 is 81.2 Å². The number of hydrogen-bond donors (Lipinski definition) is 12. The molecule has 14 N–H and O–H groups in total. The summed E-state index contributed by atoms with van der Waals surface area (Å²) in [5, 5.41) is 81.8. The van der Waals surface area contributed by atoms with Crippen LogP contribution >= 0.6 is 46.4 Å². The molecule has 2 amide bonds. The number of aliphatic carboxylic acids is 2. The van der Waals surface area contributed by atoms with Crippen molar-refractivity contribution in [2.75, 3.05) is 19.8 Å². The standard InChI is InChI=1S/C17H14ClN3O4.C10H10ClNO4.C7H4Cl2O.C7H8N2O2.C3H7NO3/c18-12-5-1-11(2-6-12)16(24)19-14(9-22)17-20-15(21-25-17)10-3-7-13(23)8-4-10;11-7-3-1-6(2-4-7)9(14)12-8(5-13)10(15)16;8-6-3-1-5(2-4-6)7(9)10;8-7(9-11)5-1-3-6(10)4-2-5;4-2(1-5)3(6)7/h1-8,14,22-23H,9H2,(H,19,24);1-4,8,13H,5H2,(H,12,14)(H,15,16);1-4H;1-4,10-11H,(H2,8,9);2,5H,1,4H2,(H,6,7). The van der Waals surface area contributed by atoms with Crippen molar-refractivity contribution in [3.63, 3.8) is 0 Å². The van der Waals surface area contributed by atoms with Crippen LogP contribution in [0.5, 0.6) is 11.5 Å². The zero-order valence-electron chi connectivity index (χ0n) is 35.4. The molecule has 0 aliphatic carbocycles. The zero-order valence-corrected chi connectivity index (χ0v) is 38.5. The number of benzene rings is 5. The van der Waals surface area contributed by atoms with Crippen LogP contribution in [-0.2, 0) is 9.59 Å². The van der Waals surface area contributed by atoms with Crippen molar-refractivity contribution in [2.45, 2.75) is 18.1 Å². The highest BCUT2D eigenvalue weighted by molar-refractivity contribution is 6.67. The van der Waals surface area contributed by atoms with Gasteiger partial charge in [0.05, 0.1) is 19.8 Å². The first kappa shape index (κ1) is 57.8. The van der Waals surface area contributed by atoms with Crippen LogP contribution in [0.2, 0.25) is 15.1 Å². The minimum Gasteiger partial charge on any atom is -0.508 e. The SMILES string of the molecule is NC(=NO)c1ccc(O)cc1.NC(CO)C(=O)O.O=C(Cl)c1ccc(Cl)cc1.O=C(NC(CO)C(=O)O)c1ccc(Cl)cc1.O=C(NC(CO)c1nc(-c2ccc(O)cc2)no1)c1ccc(Cl)cc1. The molecule has 3 atom stereocenters. The molecule has 6 aromatic rings. The molecule has 1 aromatic heterocycles. The Morgan fingerprint density at radius 3 is 1.39 bits per heavy atom. The summed E-state index contributed by atoms with van der Waals surface area (Å²) in [7, 11) is 0. The Hall–Kier alpha value is -7.34. The van der Waals surface area contributed by atoms with Gasteiger partial charge in [-0.1, -0.05) is 45.1 Å². The number of carboxylic acid groups (broad SMARTS) is 2. The molecule has 6 rings (SSSR count). The van der Waals surface area contributed by atoms with Gasteiger partial charge in [0, 0.05) is 42.9 Å². The van der Waals surface area contributed by atoms with E-state index in [-0.39, 0.29) is 34.6 Å². The van der Waals surface area contributed by atoms with Gasteiger partial charge in [0.25, 0.3) is 22.9 Å². The van der Waals surface area contributed by atoms with E-state index in [9.17, 15) is 34.2 Å². The number of phenolic OH excluding ortho intramolecular Hbond substituents is 2. The van der Waals surface area contributed by atoms with E-state index in [1.807, 2.05) is 0 Å². The maximum Gasteiger partial charge on any atom is 0.328 e. The lowest BCUT2D eigenvalue weighted by Crippen LogP contribution is -2.43. The third kappa shape index (κ3) is 21.0. The Bertz CT molecular complexity index is 2590. The first-order chi connectivity index (χ1) is 32.7. The quantitative estimate of drug-likeness (QED) is 0.0246. The first-order valence-corrected chi connectivity index (χ1v) is 20.8. The topological polar surface area (TPSA) is 375 Å². The van der Waals surface area contributed by atoms with Crippen LogP contribution in [0.15, 0.2) is 131 Å². The highest BCUT2D eigenvalue weighted by atomic mass is 35.5. The summed E-state index contributed by atoms with van der Waals surface area (Å²) >= 11 is 22.2. The normalized spacial score (nSPS) is 11.6. The highest BCUT2D eigenvalue weighted by Crippen LogP contribution is 2.22. The van der Waals surface area contributed by atoms with Crippen molar-refractivity contribution < 1.29 is 69.4 Å². The molecule has 0 aliphatic rings. The van der Waals surface area contributed by atoms with Gasteiger partial charge in [0.15, 0.2) is 11.9 Å². The number of nitrogens with one attached hydrogen (secondary N) is 2. The number of carboxylic acids is 2. The van der Waals surface area contributed by atoms with E-state index in [4.69, 9.17) is 93.1 Å². The molecule has 0 radical (unpaired) electrons. The third-order valence-corrected chi connectivity index (χ3v) is 9.18. The minimum absolute atomic E-state index is 0.0324. The summed E-state index contributed by atoms with van der Waals surface area (Å²) < 4.78 is 5.14. The van der Waals surface area contributed by atoms with Gasteiger partial charge in [-0.3, -0.25) is 19.2 Å². The summed E-state index contributed by atoms with van der Waals surface area (Å²) in [4.78, 5) is 58.6. The summed E-state index contributed by atoms with van der Waals surface area (Å²) in [6, 6.07) is 27.7. The zero-order chi connectivity index (χ0) is 51.6. The number of amides is 2. The molecule has 3 unspecified atom stereocenters. The average Bonchev–Trinajstić information content (AvgIpc) is 3.84. The molecular formula is C44H43Cl4N7O14. The Morgan fingerprint density at radius 2 is 1.03 bits per heavy atom. The monoisotopic (exact) mass is 1030 g/mol. The molecule has 25 heteroatoms. The number of phenols is 2. The molecule has 0 bridgehead atoms. The van der Waals surface area contributed by atoms with Crippen molar-refractivity contribution in [1.82, 2.24) is 20.8 Å². The number of oxime groups is 1. The van der Waals surface area contributed by atoms with E-state index in [1.165, 1.54) is 48.5 Å². The lowest BCUT2D eigenvalue weighted by atomic mass is 10.2. The predicted molar refractivity (Wildman–Crippen MR) is 253 cm³/mol. The maximum atomic E-state index is 12.2. The van der Waals surface area contributed by atoms with Crippen molar-refractivity contribution in [3.8, 4) is 22.9 Å². The fourth-order valence-corrected chi connectivity index (χ4v) is 5.01. The number of aromatic hydroxyl groups is 2. The number of amidine groups is 1. The molecular weight excluding hydrogens is 992 g/mol. The van der Waals surface area contributed by atoms with Gasteiger partial charge in [-0.25, -0.2) is 4.79 Å². The number of nitrogens with zero attached hydrogens (tertiary/aromatic N) is 3. The Morgan fingerprint density at radius 1 is 0.609 bits per heavy atom. The number of aliphatic hydroxyl groups is 3. The fourth-order valence-electron chi connectivity index (χ4n) is 4.51. The van der Waals surface area contributed by atoms with Gasteiger partial charge in [0.2, 0.25) is 5.82 Å². The summed E-state index contributed by atoms with van der Waals surface area (Å²) in [5.41, 5.74) is 12.4. The summed E-state index contributed by atoms with van der Waals surface area (Å²) in [6.07, 6.45) is 0. The van der Waals surface area contributed by atoms with Crippen LogP contribution in [0, 0.1) is 0 Å². The number of aliphatic hydroxyl groups excluding tert-OH is 3. The lowest BCUT2D eigenvalue weighted by molar-refractivity contribution is -0.140. The van der Waals surface area contributed by atoms with Crippen LogP contribution < -0.4 is 22.1 Å². The molecule has 5 aromatic carbocycles. The lowest BCUT2D eigenvalue weighted by Gasteiger charge is -2.12. The molecule has 21 nitrogen and oxygen atoms in total. The van der Waals surface area contributed by atoms with Crippen LogP contribution in [-0.4, -0.2) is 118 Å². The first-order valence-electron chi connectivity index (χ1n) is 19.2. The number of halogens is 4. The smallest absolute Gasteiger partial charge is 0.328 e. The molecule has 0 fully saturated rings. The van der Waals surface area contributed by atoms with Gasteiger partial charge >= 0.3 is 11.9 Å². The molecule has 69 heavy (non-hydrogen) atoms. The second kappa shape index (κ2) is 30.1. The summed E-state index contributed by atoms with van der Waals surface area (Å²) in [6.45, 7) is -1.57. The van der Waals surface area contributed by atoms with Crippen LogP contribution in [0.3, 0.4) is 0 Å². The fraction of sp³-hybridized carbons (Fsp3) is 0.136. The Kier molecular flexibility index (Phi) is 25.2. The van der Waals surface area contributed by atoms with Crippen molar-refractivity contribution in [3.05, 3.63) is 165 Å². The van der Waals surface area contributed by atoms with Gasteiger partial charge in [-0.05, 0) is 133 Å². The van der Waals surface area contributed by atoms with E-state index >= 15 is 0 Å². The van der Waals surface area contributed by atoms with E-state index < -0.39 is 66.9 Å². The molecule has 0 aliphatic heterocycles. The Labute approximate surface area is 411 Å². The number of rotatable bonds is 13. The average molecular weight is 1040 g/mol. The molecule has 0 saturated carbocycles. The van der Waals surface area contributed by atoms with Gasteiger partial charge < -0.3 is 67.6 Å². The predicted octanol–water partition coefficient (Wildman–Crippen LogP) is 4.67. The number of carbonyl (C=O) groups excluding carboxylic acids is 3. The third-order valence-electron chi connectivity index (χ3n) is 8.21. The van der Waals surface area contributed by atoms with Crippen LogP contribution in [0.25, 0.3) is 11.4 Å². The second-order valence-corrected chi connectivity index (χ2v) is 14.9. The molecule has 0 spiro atoms. The second-order valence-electron chi connectivity index (χ2n) is 13.2.